The Morgan fingerprint density at radius 3 is 2.81 bits per heavy atom. The summed E-state index contributed by atoms with van der Waals surface area (Å²) in [7, 11) is 1.56. The summed E-state index contributed by atoms with van der Waals surface area (Å²) in [5, 5.41) is 6.03. The van der Waals surface area contributed by atoms with E-state index in [2.05, 4.69) is 15.6 Å². The van der Waals surface area contributed by atoms with Gasteiger partial charge in [-0.05, 0) is 36.4 Å². The molecule has 0 spiro atoms. The summed E-state index contributed by atoms with van der Waals surface area (Å²) >= 11 is 7.08. The fourth-order valence-electron chi connectivity index (χ4n) is 2.31. The molecule has 1 atom stereocenters. The van der Waals surface area contributed by atoms with Gasteiger partial charge in [-0.3, -0.25) is 9.59 Å². The number of hydrogen-bond donors (Lipinski definition) is 2. The van der Waals surface area contributed by atoms with Crippen LogP contribution in [0.25, 0.3) is 0 Å². The van der Waals surface area contributed by atoms with Crippen LogP contribution in [-0.4, -0.2) is 29.3 Å². The van der Waals surface area contributed by atoms with Gasteiger partial charge in [0.25, 0.3) is 0 Å². The highest BCUT2D eigenvalue weighted by Gasteiger charge is 2.32. The number of anilines is 1. The number of nitrogens with one attached hydrogen (secondary N) is 2. The lowest BCUT2D eigenvalue weighted by Gasteiger charge is -2.08. The first-order valence-corrected chi connectivity index (χ1v) is 9.05. The Morgan fingerprint density at radius 1 is 1.31 bits per heavy atom. The highest BCUT2D eigenvalue weighted by atomic mass is 35.5. The Morgan fingerprint density at radius 2 is 2.08 bits per heavy atom. The predicted octanol–water partition coefficient (Wildman–Crippen LogP) is 3.60. The highest BCUT2D eigenvalue weighted by molar-refractivity contribution is 8.15. The van der Waals surface area contributed by atoms with E-state index in [0.29, 0.717) is 27.3 Å². The van der Waals surface area contributed by atoms with Gasteiger partial charge >= 0.3 is 0 Å². The largest absolute Gasteiger partial charge is 0.497 e. The van der Waals surface area contributed by atoms with Crippen molar-refractivity contribution in [1.82, 2.24) is 5.32 Å². The second-order valence-corrected chi connectivity index (χ2v) is 7.10. The highest BCUT2D eigenvalue weighted by Crippen LogP contribution is 2.26. The summed E-state index contributed by atoms with van der Waals surface area (Å²) in [6.07, 6.45) is 0.0490. The van der Waals surface area contributed by atoms with Gasteiger partial charge in [0.1, 0.15) is 11.0 Å². The van der Waals surface area contributed by atoms with Crippen molar-refractivity contribution in [2.45, 2.75) is 11.7 Å². The molecule has 6 nitrogen and oxygen atoms in total. The molecule has 0 aromatic heterocycles. The second-order valence-electron chi connectivity index (χ2n) is 5.47. The van der Waals surface area contributed by atoms with Gasteiger partial charge in [0, 0.05) is 23.2 Å². The molecule has 0 unspecified atom stereocenters. The van der Waals surface area contributed by atoms with Crippen molar-refractivity contribution in [2.75, 3.05) is 12.4 Å². The number of amides is 2. The number of benzene rings is 2. The lowest BCUT2D eigenvalue weighted by Crippen LogP contribution is -2.28. The first-order valence-electron chi connectivity index (χ1n) is 7.79. The van der Waals surface area contributed by atoms with Gasteiger partial charge in [0.15, 0.2) is 5.17 Å². The molecule has 0 aliphatic carbocycles. The number of nitrogens with zero attached hydrogens (tertiary/aromatic N) is 1. The Kier molecular flexibility index (Phi) is 5.80. The fraction of sp³-hybridized carbons (Fsp3) is 0.167. The summed E-state index contributed by atoms with van der Waals surface area (Å²) in [6.45, 7) is 0. The zero-order chi connectivity index (χ0) is 18.5. The van der Waals surface area contributed by atoms with E-state index in [-0.39, 0.29) is 18.2 Å². The monoisotopic (exact) mass is 389 g/mol. The number of thioether (sulfide) groups is 1. The van der Waals surface area contributed by atoms with Crippen molar-refractivity contribution < 1.29 is 14.3 Å². The number of hydrogen-bond acceptors (Lipinski definition) is 5. The van der Waals surface area contributed by atoms with Crippen LogP contribution in [0.1, 0.15) is 6.42 Å². The summed E-state index contributed by atoms with van der Waals surface area (Å²) in [6, 6.07) is 14.0. The first kappa shape index (κ1) is 18.3. The molecule has 0 saturated carbocycles. The maximum absolute atomic E-state index is 12.2. The average molecular weight is 390 g/mol. The third kappa shape index (κ3) is 4.77. The zero-order valence-corrected chi connectivity index (χ0v) is 15.4. The number of ether oxygens (including phenoxy) is 1. The van der Waals surface area contributed by atoms with E-state index in [1.807, 2.05) is 0 Å². The molecule has 0 bridgehead atoms. The Hall–Kier alpha value is -2.51. The number of carbonyl (C=O) groups excluding carboxylic acids is 2. The molecule has 1 aliphatic heterocycles. The van der Waals surface area contributed by atoms with Gasteiger partial charge in [-0.15, -0.1) is 0 Å². The van der Waals surface area contributed by atoms with Crippen molar-refractivity contribution in [1.29, 1.82) is 0 Å². The van der Waals surface area contributed by atoms with Crippen molar-refractivity contribution >= 4 is 51.7 Å². The van der Waals surface area contributed by atoms with Gasteiger partial charge in [-0.25, -0.2) is 4.99 Å². The molecule has 1 saturated heterocycles. The molecule has 1 heterocycles. The molecule has 2 aromatic rings. The van der Waals surface area contributed by atoms with Crippen molar-refractivity contribution in [3.8, 4) is 5.75 Å². The van der Waals surface area contributed by atoms with Gasteiger partial charge in [-0.2, -0.15) is 0 Å². The van der Waals surface area contributed by atoms with E-state index < -0.39 is 5.25 Å². The lowest BCUT2D eigenvalue weighted by molar-refractivity contribution is -0.122. The van der Waals surface area contributed by atoms with Crippen LogP contribution in [0.4, 0.5) is 11.4 Å². The maximum atomic E-state index is 12.2. The van der Waals surface area contributed by atoms with Crippen LogP contribution in [-0.2, 0) is 9.59 Å². The fourth-order valence-corrected chi connectivity index (χ4v) is 3.42. The van der Waals surface area contributed by atoms with Gasteiger partial charge in [0.2, 0.25) is 11.8 Å². The number of methoxy groups -OCH3 is 1. The standard InChI is InChI=1S/C18H16ClN3O3S/c1-25-14-4-2-3-13(9-14)20-16(23)10-15-17(24)22-18(26-15)21-12-7-5-11(19)6-8-12/h2-9,15H,10H2,1H3,(H,20,23)(H,21,22,24)/t15-/m1/s1. The molecule has 8 heteroatoms. The van der Waals surface area contributed by atoms with E-state index in [0.717, 1.165) is 0 Å². The van der Waals surface area contributed by atoms with E-state index >= 15 is 0 Å². The predicted molar refractivity (Wildman–Crippen MR) is 104 cm³/mol. The minimum Gasteiger partial charge on any atom is -0.497 e. The molecule has 2 amide bonds. The van der Waals surface area contributed by atoms with Crippen LogP contribution >= 0.6 is 23.4 Å². The normalized spacial score (nSPS) is 17.8. The Labute approximate surface area is 160 Å². The molecule has 3 rings (SSSR count). The molecular formula is C18H16ClN3O3S. The summed E-state index contributed by atoms with van der Waals surface area (Å²) in [4.78, 5) is 28.7. The smallest absolute Gasteiger partial charge is 0.240 e. The van der Waals surface area contributed by atoms with Gasteiger partial charge in [-0.1, -0.05) is 29.4 Å². The van der Waals surface area contributed by atoms with Crippen LogP contribution < -0.4 is 15.4 Å². The Balaban J connectivity index is 1.60. The van der Waals surface area contributed by atoms with E-state index in [1.165, 1.54) is 11.8 Å². The molecule has 1 aliphatic rings. The number of rotatable bonds is 5. The maximum Gasteiger partial charge on any atom is 0.240 e. The summed E-state index contributed by atoms with van der Waals surface area (Å²) in [5.74, 6) is 0.162. The topological polar surface area (TPSA) is 79.8 Å². The minimum atomic E-state index is -0.522. The van der Waals surface area contributed by atoms with Crippen LogP contribution in [0.3, 0.4) is 0 Å². The number of carbonyl (C=O) groups is 2. The molecule has 2 N–H and O–H groups in total. The van der Waals surface area contributed by atoms with Gasteiger partial charge < -0.3 is 15.4 Å². The quantitative estimate of drug-likeness (QED) is 0.818. The summed E-state index contributed by atoms with van der Waals surface area (Å²) in [5.41, 5.74) is 1.30. The Bertz CT molecular complexity index is 855. The number of halogens is 1. The molecule has 1 fully saturated rings. The van der Waals surface area contributed by atoms with E-state index in [1.54, 1.807) is 55.6 Å². The van der Waals surface area contributed by atoms with Gasteiger partial charge in [0.05, 0.1) is 12.8 Å². The number of aliphatic imine (C=N–C) groups is 1. The van der Waals surface area contributed by atoms with E-state index in [4.69, 9.17) is 16.3 Å². The van der Waals surface area contributed by atoms with Crippen LogP contribution in [0.15, 0.2) is 53.5 Å². The molecule has 2 aromatic carbocycles. The van der Waals surface area contributed by atoms with Crippen molar-refractivity contribution in [3.63, 3.8) is 0 Å². The lowest BCUT2D eigenvalue weighted by atomic mass is 10.2. The average Bonchev–Trinajstić information content (AvgIpc) is 2.96. The third-order valence-corrected chi connectivity index (χ3v) is 4.89. The second kappa shape index (κ2) is 8.25. The third-order valence-electron chi connectivity index (χ3n) is 3.56. The van der Waals surface area contributed by atoms with Crippen molar-refractivity contribution in [2.24, 2.45) is 4.99 Å². The zero-order valence-electron chi connectivity index (χ0n) is 13.9. The number of amidine groups is 1. The molecule has 0 radical (unpaired) electrons. The SMILES string of the molecule is COc1cccc(NC(=O)C[C@H]2SC(=Nc3ccc(Cl)cc3)NC2=O)c1. The molecule has 134 valence electrons. The molecular weight excluding hydrogens is 374 g/mol. The first-order chi connectivity index (χ1) is 12.5. The minimum absolute atomic E-state index is 0.0490. The van der Waals surface area contributed by atoms with Crippen LogP contribution in [0.2, 0.25) is 5.02 Å². The summed E-state index contributed by atoms with van der Waals surface area (Å²) < 4.78 is 5.12. The molecule has 26 heavy (non-hydrogen) atoms. The van der Waals surface area contributed by atoms with Crippen LogP contribution in [0, 0.1) is 0 Å². The van der Waals surface area contributed by atoms with E-state index in [9.17, 15) is 9.59 Å². The van der Waals surface area contributed by atoms with Crippen LogP contribution in [0.5, 0.6) is 5.75 Å². The van der Waals surface area contributed by atoms with Crippen molar-refractivity contribution in [3.05, 3.63) is 53.6 Å².